The second-order valence-corrected chi connectivity index (χ2v) is 5.78. The number of aliphatic hydroxyl groups excluding tert-OH is 5. The highest BCUT2D eigenvalue weighted by atomic mass is 16.4. The molecule has 0 rings (SSSR count). The van der Waals surface area contributed by atoms with E-state index in [1.54, 1.807) is 6.08 Å². The van der Waals surface area contributed by atoms with Gasteiger partial charge in [0, 0.05) is 0 Å². The van der Waals surface area contributed by atoms with Gasteiger partial charge in [-0.05, 0) is 12.8 Å². The highest BCUT2D eigenvalue weighted by Crippen LogP contribution is 2.10. The Morgan fingerprint density at radius 3 is 2.05 bits per heavy atom. The molecule has 0 saturated carbocycles. The van der Waals surface area contributed by atoms with E-state index in [2.05, 4.69) is 6.92 Å². The van der Waals surface area contributed by atoms with E-state index in [1.807, 2.05) is 6.08 Å². The van der Waals surface area contributed by atoms with Crippen LogP contribution < -0.4 is 5.73 Å². The van der Waals surface area contributed by atoms with Crippen molar-refractivity contribution < 1.29 is 25.5 Å². The van der Waals surface area contributed by atoms with Gasteiger partial charge < -0.3 is 31.3 Å². The molecular weight excluding hydrogens is 286 g/mol. The van der Waals surface area contributed by atoms with Crippen LogP contribution in [-0.4, -0.2) is 62.6 Å². The predicted octanol–water partition coefficient (Wildman–Crippen LogP) is 0.0564. The summed E-state index contributed by atoms with van der Waals surface area (Å²) in [6.07, 6.45) is 5.32. The van der Waals surface area contributed by atoms with Gasteiger partial charge in [-0.15, -0.1) is 0 Å². The lowest BCUT2D eigenvalue weighted by atomic mass is 9.98. The molecule has 0 bridgehead atoms. The quantitative estimate of drug-likeness (QED) is 0.210. The van der Waals surface area contributed by atoms with E-state index in [4.69, 9.17) is 10.8 Å². The van der Waals surface area contributed by atoms with Crippen LogP contribution in [0.5, 0.6) is 0 Å². The molecule has 0 heterocycles. The molecule has 0 amide bonds. The zero-order chi connectivity index (χ0) is 17.0. The van der Waals surface area contributed by atoms with Crippen LogP contribution in [0.1, 0.15) is 51.9 Å². The van der Waals surface area contributed by atoms with Gasteiger partial charge in [-0.1, -0.05) is 51.2 Å². The van der Waals surface area contributed by atoms with Crippen LogP contribution in [-0.2, 0) is 0 Å². The van der Waals surface area contributed by atoms with Gasteiger partial charge in [-0.25, -0.2) is 0 Å². The molecule has 1 unspecified atom stereocenters. The van der Waals surface area contributed by atoms with Crippen molar-refractivity contribution in [3.8, 4) is 0 Å². The maximum absolute atomic E-state index is 9.82. The van der Waals surface area contributed by atoms with Crippen LogP contribution in [0.15, 0.2) is 12.2 Å². The van der Waals surface area contributed by atoms with Gasteiger partial charge >= 0.3 is 0 Å². The summed E-state index contributed by atoms with van der Waals surface area (Å²) in [5.41, 5.74) is 5.73. The molecule has 0 aliphatic rings. The van der Waals surface area contributed by atoms with Gasteiger partial charge in [-0.2, -0.15) is 0 Å². The van der Waals surface area contributed by atoms with Gasteiger partial charge in [-0.3, -0.25) is 0 Å². The Morgan fingerprint density at radius 2 is 1.45 bits per heavy atom. The molecule has 0 aromatic rings. The topological polar surface area (TPSA) is 127 Å². The van der Waals surface area contributed by atoms with E-state index in [-0.39, 0.29) is 0 Å². The Bertz CT molecular complexity index is 288. The number of hydrogen-bond donors (Lipinski definition) is 6. The fourth-order valence-corrected chi connectivity index (χ4v) is 2.18. The molecule has 0 spiro atoms. The Labute approximate surface area is 133 Å². The number of aliphatic hydroxyl groups is 5. The van der Waals surface area contributed by atoms with Crippen molar-refractivity contribution in [3.05, 3.63) is 12.2 Å². The van der Waals surface area contributed by atoms with Crippen molar-refractivity contribution in [1.29, 1.82) is 0 Å². The average molecular weight is 319 g/mol. The number of unbranched alkanes of at least 4 members (excludes halogenated alkanes) is 6. The maximum Gasteiger partial charge on any atom is 0.111 e. The Hall–Kier alpha value is -0.500. The first-order chi connectivity index (χ1) is 10.5. The fraction of sp³-hybridized carbons (Fsp3) is 0.875. The number of nitrogens with two attached hydrogens (primary N) is 1. The van der Waals surface area contributed by atoms with Crippen LogP contribution >= 0.6 is 0 Å². The normalized spacial score (nSPS) is 19.0. The van der Waals surface area contributed by atoms with Gasteiger partial charge in [0.15, 0.2) is 0 Å². The molecular formula is C16H33NO5. The van der Waals surface area contributed by atoms with Gasteiger partial charge in [0.1, 0.15) is 24.4 Å². The van der Waals surface area contributed by atoms with E-state index >= 15 is 0 Å². The molecule has 0 aliphatic carbocycles. The summed E-state index contributed by atoms with van der Waals surface area (Å²) in [6.45, 7) is 1.48. The lowest BCUT2D eigenvalue weighted by molar-refractivity contribution is -0.116. The molecule has 7 N–H and O–H groups in total. The van der Waals surface area contributed by atoms with Crippen molar-refractivity contribution in [2.45, 2.75) is 82.3 Å². The minimum Gasteiger partial charge on any atom is -0.394 e. The third kappa shape index (κ3) is 8.82. The molecule has 132 valence electrons. The molecule has 0 fully saturated rings. The van der Waals surface area contributed by atoms with Crippen molar-refractivity contribution >= 4 is 0 Å². The standard InChI is InChI=1S/C16H33NO5/c1-2-3-4-5-6-7-8-9-10-12(17)14(20)16(22)15(21)13(19)11-18/h9-10,12-16,18-22H,2-8,11,17H2,1H3/t12?,13-,14+,15-,16-/m1/s1. The second kappa shape index (κ2) is 13.0. The molecule has 0 saturated heterocycles. The summed E-state index contributed by atoms with van der Waals surface area (Å²) >= 11 is 0. The van der Waals surface area contributed by atoms with Gasteiger partial charge in [0.2, 0.25) is 0 Å². The number of hydrogen-bond acceptors (Lipinski definition) is 6. The first-order valence-corrected chi connectivity index (χ1v) is 8.21. The molecule has 0 aromatic carbocycles. The largest absolute Gasteiger partial charge is 0.394 e. The molecule has 6 heteroatoms. The summed E-state index contributed by atoms with van der Waals surface area (Å²) in [7, 11) is 0. The lowest BCUT2D eigenvalue weighted by Gasteiger charge is -2.27. The minimum absolute atomic E-state index is 0.700. The first kappa shape index (κ1) is 21.5. The molecule has 0 aliphatic heterocycles. The van der Waals surface area contributed by atoms with Crippen molar-refractivity contribution in [2.24, 2.45) is 5.73 Å². The smallest absolute Gasteiger partial charge is 0.111 e. The van der Waals surface area contributed by atoms with Crippen LogP contribution in [0.2, 0.25) is 0 Å². The number of allylic oxidation sites excluding steroid dienone is 1. The Balaban J connectivity index is 3.98. The highest BCUT2D eigenvalue weighted by molar-refractivity contribution is 4.99. The zero-order valence-electron chi connectivity index (χ0n) is 13.5. The molecule has 5 atom stereocenters. The van der Waals surface area contributed by atoms with Crippen molar-refractivity contribution in [2.75, 3.05) is 6.61 Å². The van der Waals surface area contributed by atoms with Crippen LogP contribution in [0.25, 0.3) is 0 Å². The van der Waals surface area contributed by atoms with Crippen molar-refractivity contribution in [3.63, 3.8) is 0 Å². The molecule has 0 aromatic heterocycles. The SMILES string of the molecule is CCCCCCCCC=CC(N)[C@H](O)[C@@H](O)[C@H](O)[C@H](O)CO. The summed E-state index contributed by atoms with van der Waals surface area (Å²) in [6, 6.07) is -0.837. The third-order valence-electron chi connectivity index (χ3n) is 3.76. The number of rotatable bonds is 13. The highest BCUT2D eigenvalue weighted by Gasteiger charge is 2.32. The van der Waals surface area contributed by atoms with Crippen LogP contribution in [0.4, 0.5) is 0 Å². The Morgan fingerprint density at radius 1 is 0.864 bits per heavy atom. The lowest BCUT2D eigenvalue weighted by Crippen LogP contribution is -2.51. The fourth-order valence-electron chi connectivity index (χ4n) is 2.18. The van der Waals surface area contributed by atoms with E-state index in [9.17, 15) is 20.4 Å². The summed E-state index contributed by atoms with van der Waals surface area (Å²) in [4.78, 5) is 0. The molecule has 6 nitrogen and oxygen atoms in total. The van der Waals surface area contributed by atoms with Gasteiger partial charge in [0.05, 0.1) is 12.6 Å². The zero-order valence-corrected chi connectivity index (χ0v) is 13.5. The Kier molecular flexibility index (Phi) is 12.7. The molecule has 22 heavy (non-hydrogen) atoms. The third-order valence-corrected chi connectivity index (χ3v) is 3.76. The maximum atomic E-state index is 9.82. The second-order valence-electron chi connectivity index (χ2n) is 5.78. The molecule has 0 radical (unpaired) electrons. The minimum atomic E-state index is -1.64. The first-order valence-electron chi connectivity index (χ1n) is 8.21. The van der Waals surface area contributed by atoms with Crippen LogP contribution in [0.3, 0.4) is 0 Å². The van der Waals surface area contributed by atoms with E-state index in [1.165, 1.54) is 25.7 Å². The average Bonchev–Trinajstić information content (AvgIpc) is 2.54. The summed E-state index contributed by atoms with van der Waals surface area (Å²) in [5, 5.41) is 47.0. The monoisotopic (exact) mass is 319 g/mol. The van der Waals surface area contributed by atoms with Crippen molar-refractivity contribution in [1.82, 2.24) is 0 Å². The summed E-state index contributed by atoms with van der Waals surface area (Å²) < 4.78 is 0. The van der Waals surface area contributed by atoms with E-state index < -0.39 is 37.1 Å². The predicted molar refractivity (Wildman–Crippen MR) is 86.2 cm³/mol. The van der Waals surface area contributed by atoms with E-state index in [0.29, 0.717) is 0 Å². The van der Waals surface area contributed by atoms with E-state index in [0.717, 1.165) is 19.3 Å². The summed E-state index contributed by atoms with van der Waals surface area (Å²) in [5.74, 6) is 0. The van der Waals surface area contributed by atoms with Gasteiger partial charge in [0.25, 0.3) is 0 Å². The van der Waals surface area contributed by atoms with Crippen LogP contribution in [0, 0.1) is 0 Å².